The fourth-order valence-electron chi connectivity index (χ4n) is 0. The van der Waals surface area contributed by atoms with E-state index >= 15 is 0 Å². The Morgan fingerprint density at radius 3 is 1.08 bits per heavy atom. The van der Waals surface area contributed by atoms with Crippen molar-refractivity contribution >= 4 is 14.1 Å². The molecule has 0 bridgehead atoms. The molecular formula is C10H25PW. The molecule has 0 rings (SSSR count). The van der Waals surface area contributed by atoms with Crippen molar-refractivity contribution in [1.82, 2.24) is 0 Å². The molecule has 2 heteroatoms. The predicted octanol–water partition coefficient (Wildman–Crippen LogP) is 3.86. The molecule has 0 aliphatic heterocycles. The van der Waals surface area contributed by atoms with Gasteiger partial charge >= 0.3 is 24.3 Å². The molecule has 76 valence electrons. The van der Waals surface area contributed by atoms with Gasteiger partial charge in [0.25, 0.3) is 0 Å². The second-order valence-corrected chi connectivity index (χ2v) is 1.47. The maximum atomic E-state index is 3.33. The van der Waals surface area contributed by atoms with E-state index in [0.717, 1.165) is 0 Å². The van der Waals surface area contributed by atoms with Crippen molar-refractivity contribution in [1.29, 1.82) is 0 Å². The van der Waals surface area contributed by atoms with Crippen LogP contribution in [0.5, 0.6) is 0 Å². The Labute approximate surface area is 93.2 Å². The average Bonchev–Trinajstić information content (AvgIpc) is 2.16. The molecule has 0 aromatic rings. The SMILES string of the molecule is C=C=C.CC.CC.CCP.[CH2]=[W]. The first-order chi connectivity index (χ1) is 5.83. The Bertz CT molecular complexity index is 47.8. The van der Waals surface area contributed by atoms with E-state index in [4.69, 9.17) is 0 Å². The van der Waals surface area contributed by atoms with E-state index in [1.807, 2.05) is 27.7 Å². The van der Waals surface area contributed by atoms with Crippen molar-refractivity contribution in [3.05, 3.63) is 18.9 Å². The second kappa shape index (κ2) is 202. The summed E-state index contributed by atoms with van der Waals surface area (Å²) < 4.78 is 0. The van der Waals surface area contributed by atoms with E-state index in [1.54, 1.807) is 0 Å². The van der Waals surface area contributed by atoms with Gasteiger partial charge in [-0.1, -0.05) is 47.8 Å². The molecule has 0 saturated heterocycles. The molecule has 0 fully saturated rings. The van der Waals surface area contributed by atoms with Crippen molar-refractivity contribution < 1.29 is 19.4 Å². The summed E-state index contributed by atoms with van der Waals surface area (Å²) in [4.78, 5) is 3.33. The third-order valence-electron chi connectivity index (χ3n) is 0. The Balaban J connectivity index is -0.0000000174. The number of hydrogen-bond acceptors (Lipinski definition) is 0. The standard InChI is InChI=1S/C3H4.C2H7P.2C2H6.CH2.W/c1-3-2;1-2-3;2*1-2;;/h1-2H2;2-3H2,1H3;2*1-2H3;1H2;. The summed E-state index contributed by atoms with van der Waals surface area (Å²) in [7, 11) is 2.58. The van der Waals surface area contributed by atoms with Crippen LogP contribution in [0.25, 0.3) is 0 Å². The van der Waals surface area contributed by atoms with Gasteiger partial charge < -0.3 is 0 Å². The van der Waals surface area contributed by atoms with Crippen LogP contribution < -0.4 is 0 Å². The molecule has 0 spiro atoms. The summed E-state index contributed by atoms with van der Waals surface area (Å²) in [6.07, 6.45) is 1.17. The average molecular weight is 360 g/mol. The summed E-state index contributed by atoms with van der Waals surface area (Å²) in [5.41, 5.74) is 2.25. The van der Waals surface area contributed by atoms with E-state index in [1.165, 1.54) is 25.5 Å². The maximum absolute atomic E-state index is 3.33. The fraction of sp³-hybridized carbons (Fsp3) is 0.600. The minimum atomic E-state index is 1.17. The Morgan fingerprint density at radius 2 is 1.08 bits per heavy atom. The van der Waals surface area contributed by atoms with Gasteiger partial charge in [-0.2, -0.15) is 0 Å². The van der Waals surface area contributed by atoms with E-state index in [0.29, 0.717) is 0 Å². The van der Waals surface area contributed by atoms with Gasteiger partial charge in [-0.15, -0.1) is 15.0 Å². The summed E-state index contributed by atoms with van der Waals surface area (Å²) in [5.74, 6) is 0. The molecule has 0 N–H and O–H groups in total. The van der Waals surface area contributed by atoms with Gasteiger partial charge in [-0.25, -0.2) is 0 Å². The van der Waals surface area contributed by atoms with Crippen molar-refractivity contribution in [2.24, 2.45) is 0 Å². The second-order valence-electron chi connectivity index (χ2n) is 0.658. The summed E-state index contributed by atoms with van der Waals surface area (Å²) in [6.45, 7) is 16.3. The van der Waals surface area contributed by atoms with Gasteiger partial charge in [0, 0.05) is 0 Å². The first kappa shape index (κ1) is 29.4. The van der Waals surface area contributed by atoms with E-state index in [-0.39, 0.29) is 0 Å². The molecule has 0 aliphatic rings. The van der Waals surface area contributed by atoms with Crippen LogP contribution in [0.3, 0.4) is 0 Å². The Hall–Kier alpha value is 0.508. The topological polar surface area (TPSA) is 0 Å². The van der Waals surface area contributed by atoms with Crippen LogP contribution in [0.2, 0.25) is 0 Å². The van der Waals surface area contributed by atoms with Crippen molar-refractivity contribution in [3.8, 4) is 0 Å². The molecule has 1 unspecified atom stereocenters. The van der Waals surface area contributed by atoms with Crippen molar-refractivity contribution in [2.75, 3.05) is 6.16 Å². The van der Waals surface area contributed by atoms with Gasteiger partial charge in [0.05, 0.1) is 0 Å². The van der Waals surface area contributed by atoms with Crippen LogP contribution in [-0.4, -0.2) is 11.1 Å². The molecule has 0 aliphatic carbocycles. The van der Waals surface area contributed by atoms with Gasteiger partial charge in [0.1, 0.15) is 0 Å². The number of hydrogen-bond donors (Lipinski definition) is 0. The third-order valence-corrected chi connectivity index (χ3v) is 0. The number of rotatable bonds is 0. The zero-order chi connectivity index (χ0) is 11.4. The normalized spacial score (nSPS) is 3.50. The van der Waals surface area contributed by atoms with Crippen molar-refractivity contribution in [2.45, 2.75) is 34.6 Å². The first-order valence-corrected chi connectivity index (χ1v) is 7.00. The van der Waals surface area contributed by atoms with Gasteiger partial charge in [-0.3, -0.25) is 0 Å². The first-order valence-electron chi connectivity index (χ1n) is 4.11. The van der Waals surface area contributed by atoms with E-state index in [9.17, 15) is 0 Å². The molecule has 0 saturated carbocycles. The monoisotopic (exact) mass is 360 g/mol. The van der Waals surface area contributed by atoms with Crippen LogP contribution >= 0.6 is 9.24 Å². The molecule has 0 aromatic carbocycles. The van der Waals surface area contributed by atoms with E-state index in [2.05, 4.69) is 40.0 Å². The summed E-state index contributed by atoms with van der Waals surface area (Å²) >= 11 is 1.33. The Morgan fingerprint density at radius 1 is 1.08 bits per heavy atom. The fourth-order valence-corrected chi connectivity index (χ4v) is 0. The third kappa shape index (κ3) is 3680. The molecular weight excluding hydrogens is 335 g/mol. The molecule has 0 nitrogen and oxygen atoms in total. The van der Waals surface area contributed by atoms with Crippen LogP contribution in [0.4, 0.5) is 0 Å². The molecule has 12 heavy (non-hydrogen) atoms. The summed E-state index contributed by atoms with van der Waals surface area (Å²) in [5, 5.41) is 0. The zero-order valence-electron chi connectivity index (χ0n) is 9.31. The zero-order valence-corrected chi connectivity index (χ0v) is 13.4. The van der Waals surface area contributed by atoms with Crippen LogP contribution in [-0.2, 0) is 19.4 Å². The van der Waals surface area contributed by atoms with Crippen molar-refractivity contribution in [3.63, 3.8) is 0 Å². The van der Waals surface area contributed by atoms with E-state index < -0.39 is 0 Å². The molecule has 0 radical (unpaired) electrons. The van der Waals surface area contributed by atoms with Crippen LogP contribution in [0.15, 0.2) is 18.9 Å². The van der Waals surface area contributed by atoms with Gasteiger partial charge in [-0.05, 0) is 6.16 Å². The van der Waals surface area contributed by atoms with Crippen LogP contribution in [0, 0.1) is 0 Å². The molecule has 0 aromatic heterocycles. The molecule has 1 atom stereocenters. The quantitative estimate of drug-likeness (QED) is 0.455. The van der Waals surface area contributed by atoms with Gasteiger partial charge in [0.2, 0.25) is 0 Å². The minimum absolute atomic E-state index is 1.17. The Kier molecular flexibility index (Phi) is 495. The predicted molar refractivity (Wildman–Crippen MR) is 64.8 cm³/mol. The summed E-state index contributed by atoms with van der Waals surface area (Å²) in [6, 6.07) is 0. The molecule has 0 amide bonds. The molecule has 0 heterocycles. The van der Waals surface area contributed by atoms with Gasteiger partial charge in [0.15, 0.2) is 0 Å². The van der Waals surface area contributed by atoms with Crippen LogP contribution in [0.1, 0.15) is 34.6 Å².